The molecule has 3 rings (SSSR count). The fraction of sp³-hybridized carbons (Fsp3) is 0.429. The summed E-state index contributed by atoms with van der Waals surface area (Å²) in [6, 6.07) is 9.09. The van der Waals surface area contributed by atoms with Crippen LogP contribution in [0.3, 0.4) is 0 Å². The standard InChI is InChI=1S/C14H17NS/c1-10-9-12-3-2-4-13(14(12)16-10)11-5-7-15-8-6-11/h2-4,9,11,15H,5-8H2,1H3. The molecule has 2 heterocycles. The van der Waals surface area contributed by atoms with Gasteiger partial charge >= 0.3 is 0 Å². The van der Waals surface area contributed by atoms with Crippen LogP contribution in [0.25, 0.3) is 10.1 Å². The first kappa shape index (κ1) is 10.3. The minimum atomic E-state index is 0.767. The molecule has 0 amide bonds. The van der Waals surface area contributed by atoms with Gasteiger partial charge in [0.25, 0.3) is 0 Å². The predicted molar refractivity (Wildman–Crippen MR) is 71.4 cm³/mol. The van der Waals surface area contributed by atoms with Crippen LogP contribution >= 0.6 is 11.3 Å². The van der Waals surface area contributed by atoms with E-state index in [0.29, 0.717) is 0 Å². The van der Waals surface area contributed by atoms with E-state index in [9.17, 15) is 0 Å². The number of rotatable bonds is 1. The Bertz CT molecular complexity index is 494. The third-order valence-corrected chi connectivity index (χ3v) is 4.59. The molecule has 84 valence electrons. The second kappa shape index (κ2) is 4.19. The van der Waals surface area contributed by atoms with Crippen molar-refractivity contribution < 1.29 is 0 Å². The molecule has 16 heavy (non-hydrogen) atoms. The van der Waals surface area contributed by atoms with E-state index in [1.807, 2.05) is 11.3 Å². The molecule has 1 fully saturated rings. The number of hydrogen-bond donors (Lipinski definition) is 1. The molecule has 1 saturated heterocycles. The van der Waals surface area contributed by atoms with Crippen molar-refractivity contribution in [2.45, 2.75) is 25.7 Å². The van der Waals surface area contributed by atoms with Crippen molar-refractivity contribution in [2.75, 3.05) is 13.1 Å². The van der Waals surface area contributed by atoms with Gasteiger partial charge in [0.05, 0.1) is 0 Å². The SMILES string of the molecule is Cc1cc2cccc(C3CCNCC3)c2s1. The quantitative estimate of drug-likeness (QED) is 0.789. The van der Waals surface area contributed by atoms with Gasteiger partial charge < -0.3 is 5.32 Å². The van der Waals surface area contributed by atoms with Gasteiger partial charge in [-0.05, 0) is 55.8 Å². The van der Waals surface area contributed by atoms with Crippen molar-refractivity contribution in [1.82, 2.24) is 5.32 Å². The number of nitrogens with one attached hydrogen (secondary N) is 1. The van der Waals surface area contributed by atoms with Gasteiger partial charge in [0, 0.05) is 9.58 Å². The first-order valence-corrected chi connectivity index (χ1v) is 6.86. The van der Waals surface area contributed by atoms with Crippen LogP contribution in [0.1, 0.15) is 29.2 Å². The van der Waals surface area contributed by atoms with E-state index in [1.54, 1.807) is 5.56 Å². The summed E-state index contributed by atoms with van der Waals surface area (Å²) in [7, 11) is 0. The molecule has 2 aromatic rings. The van der Waals surface area contributed by atoms with E-state index in [4.69, 9.17) is 0 Å². The molecule has 1 aromatic heterocycles. The first-order valence-electron chi connectivity index (χ1n) is 6.04. The van der Waals surface area contributed by atoms with Gasteiger partial charge in [-0.3, -0.25) is 0 Å². The number of aryl methyl sites for hydroxylation is 1. The number of thiophene rings is 1. The third-order valence-electron chi connectivity index (χ3n) is 3.48. The molecular formula is C14H17NS. The Hall–Kier alpha value is -0.860. The number of benzene rings is 1. The average molecular weight is 231 g/mol. The molecule has 1 N–H and O–H groups in total. The lowest BCUT2D eigenvalue weighted by Gasteiger charge is -2.23. The molecule has 1 aliphatic rings. The van der Waals surface area contributed by atoms with Crippen molar-refractivity contribution in [1.29, 1.82) is 0 Å². The van der Waals surface area contributed by atoms with Crippen LogP contribution in [0.5, 0.6) is 0 Å². The summed E-state index contributed by atoms with van der Waals surface area (Å²) in [4.78, 5) is 1.43. The lowest BCUT2D eigenvalue weighted by atomic mass is 9.90. The molecule has 0 atom stereocenters. The molecule has 1 aliphatic heterocycles. The maximum atomic E-state index is 3.44. The molecule has 0 radical (unpaired) electrons. The zero-order valence-electron chi connectivity index (χ0n) is 9.62. The number of fused-ring (bicyclic) bond motifs is 1. The van der Waals surface area contributed by atoms with Crippen LogP contribution in [-0.2, 0) is 0 Å². The van der Waals surface area contributed by atoms with Crippen molar-refractivity contribution in [3.63, 3.8) is 0 Å². The molecule has 0 bridgehead atoms. The molecule has 0 spiro atoms. The zero-order chi connectivity index (χ0) is 11.0. The van der Waals surface area contributed by atoms with Gasteiger partial charge in [0.2, 0.25) is 0 Å². The van der Waals surface area contributed by atoms with Crippen LogP contribution in [0.2, 0.25) is 0 Å². The van der Waals surface area contributed by atoms with E-state index < -0.39 is 0 Å². The summed E-state index contributed by atoms with van der Waals surface area (Å²) in [6.45, 7) is 4.55. The highest BCUT2D eigenvalue weighted by molar-refractivity contribution is 7.19. The first-order chi connectivity index (χ1) is 7.84. The monoisotopic (exact) mass is 231 g/mol. The summed E-state index contributed by atoms with van der Waals surface area (Å²) in [6.07, 6.45) is 2.58. The lowest BCUT2D eigenvalue weighted by Crippen LogP contribution is -2.26. The molecule has 0 aliphatic carbocycles. The van der Waals surface area contributed by atoms with Gasteiger partial charge in [-0.1, -0.05) is 18.2 Å². The molecule has 1 aromatic carbocycles. The Morgan fingerprint density at radius 3 is 2.88 bits per heavy atom. The highest BCUT2D eigenvalue weighted by atomic mass is 32.1. The zero-order valence-corrected chi connectivity index (χ0v) is 10.4. The van der Waals surface area contributed by atoms with Crippen molar-refractivity contribution in [2.24, 2.45) is 0 Å². The average Bonchev–Trinajstić information content (AvgIpc) is 2.70. The van der Waals surface area contributed by atoms with Gasteiger partial charge in [0.15, 0.2) is 0 Å². The molecule has 0 unspecified atom stereocenters. The van der Waals surface area contributed by atoms with Gasteiger partial charge in [0.1, 0.15) is 0 Å². The summed E-state index contributed by atoms with van der Waals surface area (Å²) in [5.74, 6) is 0.767. The highest BCUT2D eigenvalue weighted by Gasteiger charge is 2.17. The van der Waals surface area contributed by atoms with E-state index in [-0.39, 0.29) is 0 Å². The van der Waals surface area contributed by atoms with Crippen LogP contribution in [-0.4, -0.2) is 13.1 Å². The van der Waals surface area contributed by atoms with E-state index in [0.717, 1.165) is 5.92 Å². The summed E-state index contributed by atoms with van der Waals surface area (Å²) < 4.78 is 1.52. The minimum absolute atomic E-state index is 0.767. The second-order valence-corrected chi connectivity index (χ2v) is 5.90. The fourth-order valence-electron chi connectivity index (χ4n) is 2.67. The molecule has 2 heteroatoms. The topological polar surface area (TPSA) is 12.0 Å². The van der Waals surface area contributed by atoms with Crippen molar-refractivity contribution in [3.8, 4) is 0 Å². The lowest BCUT2D eigenvalue weighted by molar-refractivity contribution is 0.462. The number of hydrogen-bond acceptors (Lipinski definition) is 2. The molecule has 0 saturated carbocycles. The van der Waals surface area contributed by atoms with Crippen molar-refractivity contribution in [3.05, 3.63) is 34.7 Å². The van der Waals surface area contributed by atoms with Crippen LogP contribution in [0, 0.1) is 6.92 Å². The summed E-state index contributed by atoms with van der Waals surface area (Å²) in [5.41, 5.74) is 1.58. The van der Waals surface area contributed by atoms with Gasteiger partial charge in [-0.2, -0.15) is 0 Å². The second-order valence-electron chi connectivity index (χ2n) is 4.65. The summed E-state index contributed by atoms with van der Waals surface area (Å²) >= 11 is 1.95. The van der Waals surface area contributed by atoms with Crippen LogP contribution < -0.4 is 5.32 Å². The van der Waals surface area contributed by atoms with E-state index in [1.165, 1.54) is 40.9 Å². The Morgan fingerprint density at radius 1 is 1.25 bits per heavy atom. The maximum absolute atomic E-state index is 3.44. The van der Waals surface area contributed by atoms with Gasteiger partial charge in [-0.25, -0.2) is 0 Å². The molecule has 1 nitrogen and oxygen atoms in total. The van der Waals surface area contributed by atoms with E-state index >= 15 is 0 Å². The van der Waals surface area contributed by atoms with Gasteiger partial charge in [-0.15, -0.1) is 11.3 Å². The van der Waals surface area contributed by atoms with Crippen LogP contribution in [0.4, 0.5) is 0 Å². The Kier molecular flexibility index (Phi) is 2.70. The Morgan fingerprint density at radius 2 is 2.06 bits per heavy atom. The van der Waals surface area contributed by atoms with Crippen LogP contribution in [0.15, 0.2) is 24.3 Å². The Labute approximate surface area is 100 Å². The normalized spacial score (nSPS) is 18.1. The van der Waals surface area contributed by atoms with E-state index in [2.05, 4.69) is 36.5 Å². The maximum Gasteiger partial charge on any atom is 0.0380 e. The third kappa shape index (κ3) is 1.76. The largest absolute Gasteiger partial charge is 0.317 e. The fourth-order valence-corrected chi connectivity index (χ4v) is 3.77. The predicted octanol–water partition coefficient (Wildman–Crippen LogP) is 3.68. The smallest absolute Gasteiger partial charge is 0.0380 e. The minimum Gasteiger partial charge on any atom is -0.317 e. The summed E-state index contributed by atoms with van der Waals surface area (Å²) in [5, 5.41) is 4.87. The highest BCUT2D eigenvalue weighted by Crippen LogP contribution is 2.35. The van der Waals surface area contributed by atoms with Crippen molar-refractivity contribution >= 4 is 21.4 Å². The number of piperidine rings is 1. The Balaban J connectivity index is 2.07. The molecular weight excluding hydrogens is 214 g/mol.